The van der Waals surface area contributed by atoms with Crippen LogP contribution in [-0.4, -0.2) is 68.3 Å². The molecule has 0 spiro atoms. The molecule has 1 aliphatic rings. The van der Waals surface area contributed by atoms with Crippen molar-refractivity contribution in [3.63, 3.8) is 0 Å². The molecule has 1 fully saturated rings. The fraction of sp³-hybridized carbons (Fsp3) is 1.00. The largest absolute Gasteiger partial charge is 0.311 e. The van der Waals surface area contributed by atoms with Gasteiger partial charge in [-0.1, -0.05) is 0 Å². The van der Waals surface area contributed by atoms with E-state index in [0.29, 0.717) is 12.5 Å². The molecule has 1 heterocycles. The maximum absolute atomic E-state index is 13.5. The molecule has 17 heavy (non-hydrogen) atoms. The van der Waals surface area contributed by atoms with Gasteiger partial charge >= 0.3 is 0 Å². The van der Waals surface area contributed by atoms with Crippen LogP contribution in [0.2, 0.25) is 0 Å². The first kappa shape index (κ1) is 14.9. The molecule has 4 heteroatoms. The average Bonchev–Trinajstić information content (AvgIpc) is 2.63. The van der Waals surface area contributed by atoms with Crippen LogP contribution < -0.4 is 5.32 Å². The molecular formula is C13H28FN3. The summed E-state index contributed by atoms with van der Waals surface area (Å²) in [5.74, 6) is 0. The van der Waals surface area contributed by atoms with Crippen molar-refractivity contribution in [2.75, 3.05) is 40.3 Å². The van der Waals surface area contributed by atoms with Crippen LogP contribution in [0.25, 0.3) is 0 Å². The highest BCUT2D eigenvalue weighted by atomic mass is 19.1. The first-order chi connectivity index (χ1) is 8.00. The number of nitrogens with zero attached hydrogens (tertiary/aromatic N) is 2. The minimum atomic E-state index is -0.641. The molecule has 0 radical (unpaired) electrons. The summed E-state index contributed by atoms with van der Waals surface area (Å²) in [6.07, 6.45) is 0.967. The van der Waals surface area contributed by atoms with Crippen molar-refractivity contribution < 1.29 is 4.39 Å². The lowest BCUT2D eigenvalue weighted by molar-refractivity contribution is 0.180. The van der Waals surface area contributed by atoms with Gasteiger partial charge in [-0.15, -0.1) is 0 Å². The highest BCUT2D eigenvalue weighted by molar-refractivity contribution is 4.84. The molecule has 1 N–H and O–H groups in total. The Bertz CT molecular complexity index is 209. The Balaban J connectivity index is 2.28. The van der Waals surface area contributed by atoms with Gasteiger partial charge in [0.15, 0.2) is 0 Å². The van der Waals surface area contributed by atoms with Gasteiger partial charge in [-0.05, 0) is 47.3 Å². The summed E-state index contributed by atoms with van der Waals surface area (Å²) >= 11 is 0. The fourth-order valence-electron chi connectivity index (χ4n) is 2.28. The highest BCUT2D eigenvalue weighted by Gasteiger charge is 2.26. The second-order valence-corrected chi connectivity index (χ2v) is 5.59. The van der Waals surface area contributed by atoms with Gasteiger partial charge in [-0.3, -0.25) is 4.90 Å². The summed E-state index contributed by atoms with van der Waals surface area (Å²) in [5, 5.41) is 3.25. The number of nitrogens with one attached hydrogen (secondary N) is 1. The summed E-state index contributed by atoms with van der Waals surface area (Å²) in [6.45, 7) is 8.38. The van der Waals surface area contributed by atoms with Crippen molar-refractivity contribution in [2.45, 2.75) is 44.9 Å². The van der Waals surface area contributed by atoms with Gasteiger partial charge in [0, 0.05) is 31.7 Å². The van der Waals surface area contributed by atoms with Crippen LogP contribution in [0.4, 0.5) is 4.39 Å². The number of halogens is 1. The molecule has 1 rings (SSSR count). The average molecular weight is 245 g/mol. The van der Waals surface area contributed by atoms with E-state index in [0.717, 1.165) is 32.6 Å². The quantitative estimate of drug-likeness (QED) is 0.730. The zero-order valence-electron chi connectivity index (χ0n) is 11.7. The number of hydrogen-bond acceptors (Lipinski definition) is 3. The third-order valence-corrected chi connectivity index (χ3v) is 3.56. The second kappa shape index (κ2) is 7.29. The topological polar surface area (TPSA) is 18.5 Å². The van der Waals surface area contributed by atoms with E-state index in [1.165, 1.54) is 0 Å². The van der Waals surface area contributed by atoms with Gasteiger partial charge in [-0.25, -0.2) is 4.39 Å². The zero-order valence-corrected chi connectivity index (χ0v) is 11.7. The molecule has 0 aliphatic carbocycles. The minimum absolute atomic E-state index is 0.0793. The van der Waals surface area contributed by atoms with E-state index in [2.05, 4.69) is 43.1 Å². The van der Waals surface area contributed by atoms with Crippen LogP contribution in [0, 0.1) is 0 Å². The van der Waals surface area contributed by atoms with Crippen molar-refractivity contribution in [1.82, 2.24) is 15.1 Å². The summed E-state index contributed by atoms with van der Waals surface area (Å²) in [5.41, 5.74) is 0. The van der Waals surface area contributed by atoms with E-state index in [9.17, 15) is 4.39 Å². The molecule has 0 amide bonds. The molecule has 0 bridgehead atoms. The predicted molar refractivity (Wildman–Crippen MR) is 71.2 cm³/mol. The fourth-order valence-corrected chi connectivity index (χ4v) is 2.28. The Labute approximate surface area is 105 Å². The SMILES string of the molecule is CC(C)N(CCC1NCCC1F)CCN(C)C. The molecule has 0 saturated carbocycles. The van der Waals surface area contributed by atoms with E-state index < -0.39 is 6.17 Å². The predicted octanol–water partition coefficient (Wildman–Crippen LogP) is 1.35. The lowest BCUT2D eigenvalue weighted by Crippen LogP contribution is -2.40. The van der Waals surface area contributed by atoms with E-state index in [1.54, 1.807) is 0 Å². The molecule has 0 aromatic rings. The molecule has 0 aromatic heterocycles. The van der Waals surface area contributed by atoms with Crippen LogP contribution in [0.15, 0.2) is 0 Å². The summed E-state index contributed by atoms with van der Waals surface area (Å²) < 4.78 is 13.5. The third kappa shape index (κ3) is 5.32. The van der Waals surface area contributed by atoms with E-state index in [4.69, 9.17) is 0 Å². The van der Waals surface area contributed by atoms with Crippen molar-refractivity contribution in [3.8, 4) is 0 Å². The molecule has 1 aliphatic heterocycles. The van der Waals surface area contributed by atoms with Gasteiger partial charge < -0.3 is 10.2 Å². The lowest BCUT2D eigenvalue weighted by atomic mass is 10.1. The molecule has 1 saturated heterocycles. The van der Waals surface area contributed by atoms with Crippen molar-refractivity contribution >= 4 is 0 Å². The van der Waals surface area contributed by atoms with Crippen LogP contribution in [-0.2, 0) is 0 Å². The number of alkyl halides is 1. The van der Waals surface area contributed by atoms with E-state index in [-0.39, 0.29) is 6.04 Å². The van der Waals surface area contributed by atoms with Crippen molar-refractivity contribution in [3.05, 3.63) is 0 Å². The van der Waals surface area contributed by atoms with Crippen molar-refractivity contribution in [1.29, 1.82) is 0 Å². The maximum Gasteiger partial charge on any atom is 0.117 e. The van der Waals surface area contributed by atoms with Crippen LogP contribution in [0.5, 0.6) is 0 Å². The highest BCUT2D eigenvalue weighted by Crippen LogP contribution is 2.15. The summed E-state index contributed by atoms with van der Waals surface area (Å²) in [7, 11) is 4.18. The van der Waals surface area contributed by atoms with Gasteiger partial charge in [0.1, 0.15) is 6.17 Å². The number of rotatable bonds is 7. The Morgan fingerprint density at radius 3 is 2.41 bits per heavy atom. The third-order valence-electron chi connectivity index (χ3n) is 3.56. The molecule has 2 unspecified atom stereocenters. The first-order valence-electron chi connectivity index (χ1n) is 6.77. The molecular weight excluding hydrogens is 217 g/mol. The van der Waals surface area contributed by atoms with Gasteiger partial charge in [0.2, 0.25) is 0 Å². The van der Waals surface area contributed by atoms with Crippen LogP contribution >= 0.6 is 0 Å². The summed E-state index contributed by atoms with van der Waals surface area (Å²) in [6, 6.07) is 0.616. The monoisotopic (exact) mass is 245 g/mol. The maximum atomic E-state index is 13.5. The normalized spacial score (nSPS) is 25.4. The Morgan fingerprint density at radius 1 is 1.24 bits per heavy atom. The van der Waals surface area contributed by atoms with Gasteiger partial charge in [-0.2, -0.15) is 0 Å². The van der Waals surface area contributed by atoms with Gasteiger partial charge in [0.05, 0.1) is 0 Å². The minimum Gasteiger partial charge on any atom is -0.311 e. The molecule has 102 valence electrons. The van der Waals surface area contributed by atoms with Gasteiger partial charge in [0.25, 0.3) is 0 Å². The van der Waals surface area contributed by atoms with E-state index in [1.807, 2.05) is 0 Å². The molecule has 3 nitrogen and oxygen atoms in total. The summed E-state index contributed by atoms with van der Waals surface area (Å²) in [4.78, 5) is 4.63. The second-order valence-electron chi connectivity index (χ2n) is 5.59. The molecule has 2 atom stereocenters. The zero-order chi connectivity index (χ0) is 12.8. The Morgan fingerprint density at radius 2 is 1.94 bits per heavy atom. The van der Waals surface area contributed by atoms with Crippen LogP contribution in [0.3, 0.4) is 0 Å². The molecule has 0 aromatic carbocycles. The van der Waals surface area contributed by atoms with Crippen LogP contribution in [0.1, 0.15) is 26.7 Å². The van der Waals surface area contributed by atoms with E-state index >= 15 is 0 Å². The Hall–Kier alpha value is -0.190. The standard InChI is InChI=1S/C13H28FN3/c1-11(2)17(10-9-16(3)4)8-6-13-12(14)5-7-15-13/h11-13,15H,5-10H2,1-4H3. The first-order valence-corrected chi connectivity index (χ1v) is 6.77. The number of hydrogen-bond donors (Lipinski definition) is 1. The number of likely N-dealkylation sites (N-methyl/N-ethyl adjacent to an activating group) is 1. The lowest BCUT2D eigenvalue weighted by Gasteiger charge is -2.29. The van der Waals surface area contributed by atoms with Crippen molar-refractivity contribution in [2.24, 2.45) is 0 Å². The Kier molecular flexibility index (Phi) is 6.38. The smallest absolute Gasteiger partial charge is 0.117 e.